The van der Waals surface area contributed by atoms with Crippen LogP contribution in [0.2, 0.25) is 0 Å². The molecule has 5 rings (SSSR count). The van der Waals surface area contributed by atoms with Crippen LogP contribution in [0.1, 0.15) is 18.2 Å². The Kier molecular flexibility index (Phi) is 4.90. The summed E-state index contributed by atoms with van der Waals surface area (Å²) in [7, 11) is 3.24. The molecule has 0 saturated heterocycles. The number of thiazole rings is 1. The molecule has 4 aromatic rings. The minimum absolute atomic E-state index is 0.110. The van der Waals surface area contributed by atoms with Crippen LogP contribution < -0.4 is 14.4 Å². The van der Waals surface area contributed by atoms with Gasteiger partial charge < -0.3 is 14.4 Å². The number of anilines is 1. The highest BCUT2D eigenvalue weighted by atomic mass is 32.1. The Labute approximate surface area is 184 Å². The Bertz CT molecular complexity index is 1280. The number of carbonyl (C=O) groups excluding carboxylic acids is 1. The Morgan fingerprint density at radius 3 is 2.77 bits per heavy atom. The number of benzene rings is 2. The van der Waals surface area contributed by atoms with Crippen molar-refractivity contribution in [3.8, 4) is 22.8 Å². The summed E-state index contributed by atoms with van der Waals surface area (Å²) in [6, 6.07) is 14.1. The normalized spacial score (nSPS) is 15.3. The lowest BCUT2D eigenvalue weighted by Crippen LogP contribution is -2.37. The molecule has 0 radical (unpaired) electrons. The van der Waals surface area contributed by atoms with Crippen molar-refractivity contribution in [2.24, 2.45) is 0 Å². The monoisotopic (exact) mass is 433 g/mol. The largest absolute Gasteiger partial charge is 0.493 e. The van der Waals surface area contributed by atoms with E-state index in [4.69, 9.17) is 14.5 Å². The van der Waals surface area contributed by atoms with E-state index in [9.17, 15) is 4.79 Å². The molecule has 2 aromatic heterocycles. The number of nitrogens with zero attached hydrogens (tertiary/aromatic N) is 3. The quantitative estimate of drug-likeness (QED) is 0.462. The van der Waals surface area contributed by atoms with E-state index >= 15 is 0 Å². The summed E-state index contributed by atoms with van der Waals surface area (Å²) in [5, 5.41) is 2.02. The van der Waals surface area contributed by atoms with Gasteiger partial charge in [-0.1, -0.05) is 18.2 Å². The molecule has 0 bridgehead atoms. The first kappa shape index (κ1) is 19.6. The van der Waals surface area contributed by atoms with Gasteiger partial charge in [0.05, 0.1) is 26.3 Å². The molecule has 2 aromatic carbocycles. The molecule has 0 unspecified atom stereocenters. The molecule has 0 N–H and O–H groups in total. The van der Waals surface area contributed by atoms with E-state index in [-0.39, 0.29) is 11.9 Å². The fraction of sp³-hybridized carbons (Fsp3) is 0.250. The molecule has 0 aliphatic carbocycles. The van der Waals surface area contributed by atoms with Crippen molar-refractivity contribution in [2.75, 3.05) is 19.1 Å². The molecular weight excluding hydrogens is 410 g/mol. The first-order valence-corrected chi connectivity index (χ1v) is 11.0. The molecule has 31 heavy (non-hydrogen) atoms. The summed E-state index contributed by atoms with van der Waals surface area (Å²) in [5.74, 6) is 1.45. The minimum atomic E-state index is 0.110. The summed E-state index contributed by atoms with van der Waals surface area (Å²) in [6.07, 6.45) is 3.22. The minimum Gasteiger partial charge on any atom is -0.493 e. The molecule has 1 aliphatic rings. The van der Waals surface area contributed by atoms with Gasteiger partial charge in [-0.3, -0.25) is 9.20 Å². The molecule has 0 spiro atoms. The number of carbonyl (C=O) groups is 1. The SMILES string of the molecule is COc1ccc(-c2cn3c(CC(=O)N4c5ccccc5C[C@H]4C)csc3n2)cc1OC. The second-order valence-electron chi connectivity index (χ2n) is 7.70. The lowest BCUT2D eigenvalue weighted by Gasteiger charge is -2.22. The van der Waals surface area contributed by atoms with Gasteiger partial charge in [0.25, 0.3) is 0 Å². The first-order chi connectivity index (χ1) is 15.1. The molecule has 1 aliphatic heterocycles. The van der Waals surface area contributed by atoms with Crippen molar-refractivity contribution < 1.29 is 14.3 Å². The van der Waals surface area contributed by atoms with Gasteiger partial charge in [-0.2, -0.15) is 0 Å². The third-order valence-electron chi connectivity index (χ3n) is 5.77. The number of para-hydroxylation sites is 1. The zero-order valence-electron chi connectivity index (χ0n) is 17.7. The average molecular weight is 434 g/mol. The number of methoxy groups -OCH3 is 2. The van der Waals surface area contributed by atoms with Crippen LogP contribution in [0.5, 0.6) is 11.5 Å². The number of amides is 1. The zero-order chi connectivity index (χ0) is 21.5. The Morgan fingerprint density at radius 2 is 1.97 bits per heavy atom. The maximum absolute atomic E-state index is 13.2. The number of imidazole rings is 1. The number of rotatable bonds is 5. The Morgan fingerprint density at radius 1 is 1.16 bits per heavy atom. The van der Waals surface area contributed by atoms with Crippen LogP contribution in [0, 0.1) is 0 Å². The number of fused-ring (bicyclic) bond motifs is 2. The van der Waals surface area contributed by atoms with Crippen molar-refractivity contribution in [1.82, 2.24) is 9.38 Å². The smallest absolute Gasteiger partial charge is 0.233 e. The lowest BCUT2D eigenvalue weighted by atomic mass is 10.1. The Balaban J connectivity index is 1.44. The molecule has 6 nitrogen and oxygen atoms in total. The fourth-order valence-corrected chi connectivity index (χ4v) is 5.15. The second-order valence-corrected chi connectivity index (χ2v) is 8.53. The van der Waals surface area contributed by atoms with E-state index < -0.39 is 0 Å². The number of aromatic nitrogens is 2. The van der Waals surface area contributed by atoms with Crippen molar-refractivity contribution in [3.63, 3.8) is 0 Å². The highest BCUT2D eigenvalue weighted by Gasteiger charge is 2.30. The Hall–Kier alpha value is -3.32. The van der Waals surface area contributed by atoms with E-state index in [0.717, 1.165) is 34.0 Å². The van der Waals surface area contributed by atoms with Crippen molar-refractivity contribution in [2.45, 2.75) is 25.8 Å². The molecule has 0 fully saturated rings. The van der Waals surface area contributed by atoms with Crippen LogP contribution in [-0.2, 0) is 17.6 Å². The fourth-order valence-electron chi connectivity index (χ4n) is 4.28. The van der Waals surface area contributed by atoms with E-state index in [2.05, 4.69) is 13.0 Å². The molecule has 158 valence electrons. The van der Waals surface area contributed by atoms with Crippen molar-refractivity contribution in [1.29, 1.82) is 0 Å². The van der Waals surface area contributed by atoms with E-state index in [1.54, 1.807) is 25.6 Å². The third-order valence-corrected chi connectivity index (χ3v) is 6.66. The highest BCUT2D eigenvalue weighted by molar-refractivity contribution is 7.15. The van der Waals surface area contributed by atoms with Crippen LogP contribution in [0.15, 0.2) is 54.0 Å². The van der Waals surface area contributed by atoms with Crippen LogP contribution in [0.3, 0.4) is 0 Å². The van der Waals surface area contributed by atoms with E-state index in [1.165, 1.54) is 5.56 Å². The summed E-state index contributed by atoms with van der Waals surface area (Å²) >= 11 is 1.54. The van der Waals surface area contributed by atoms with Gasteiger partial charge in [0.1, 0.15) is 0 Å². The topological polar surface area (TPSA) is 56.1 Å². The van der Waals surface area contributed by atoms with Crippen LogP contribution in [0.4, 0.5) is 5.69 Å². The molecular formula is C24H23N3O3S. The number of hydrogen-bond acceptors (Lipinski definition) is 5. The summed E-state index contributed by atoms with van der Waals surface area (Å²) in [5.41, 5.74) is 4.98. The molecule has 0 saturated carbocycles. The molecule has 7 heteroatoms. The van der Waals surface area contributed by atoms with Gasteiger partial charge in [-0.25, -0.2) is 4.98 Å². The zero-order valence-corrected chi connectivity index (χ0v) is 18.5. The second kappa shape index (κ2) is 7.74. The maximum atomic E-state index is 13.2. The van der Waals surface area contributed by atoms with E-state index in [1.807, 2.05) is 57.3 Å². The van der Waals surface area contributed by atoms with Gasteiger partial charge in [0.15, 0.2) is 16.5 Å². The molecule has 1 atom stereocenters. The first-order valence-electron chi connectivity index (χ1n) is 10.2. The predicted molar refractivity (Wildman–Crippen MR) is 122 cm³/mol. The van der Waals surface area contributed by atoms with Gasteiger partial charge in [0, 0.05) is 34.6 Å². The van der Waals surface area contributed by atoms with Gasteiger partial charge in [0.2, 0.25) is 5.91 Å². The maximum Gasteiger partial charge on any atom is 0.233 e. The van der Waals surface area contributed by atoms with Crippen LogP contribution >= 0.6 is 11.3 Å². The summed E-state index contributed by atoms with van der Waals surface area (Å²) in [6.45, 7) is 2.10. The van der Waals surface area contributed by atoms with Gasteiger partial charge >= 0.3 is 0 Å². The number of ether oxygens (including phenoxy) is 2. The lowest BCUT2D eigenvalue weighted by molar-refractivity contribution is -0.118. The molecule has 3 heterocycles. The summed E-state index contributed by atoms with van der Waals surface area (Å²) in [4.78, 5) is 20.8. The van der Waals surface area contributed by atoms with Crippen LogP contribution in [-0.4, -0.2) is 35.6 Å². The van der Waals surface area contributed by atoms with Gasteiger partial charge in [-0.15, -0.1) is 11.3 Å². The van der Waals surface area contributed by atoms with Crippen molar-refractivity contribution in [3.05, 3.63) is 65.3 Å². The number of hydrogen-bond donors (Lipinski definition) is 0. The van der Waals surface area contributed by atoms with Crippen molar-refractivity contribution >= 4 is 27.9 Å². The van der Waals surface area contributed by atoms with Gasteiger partial charge in [-0.05, 0) is 43.2 Å². The standard InChI is InChI=1S/C24H23N3O3S/c1-15-10-17-6-4-5-7-20(17)27(15)23(28)12-18-14-31-24-25-19(13-26(18)24)16-8-9-21(29-2)22(11-16)30-3/h4-9,11,13-15H,10,12H2,1-3H3/t15-/m1/s1. The molecule has 1 amide bonds. The third kappa shape index (κ3) is 3.35. The predicted octanol–water partition coefficient (Wildman–Crippen LogP) is 4.60. The summed E-state index contributed by atoms with van der Waals surface area (Å²) < 4.78 is 12.8. The average Bonchev–Trinajstić information content (AvgIpc) is 3.46. The van der Waals surface area contributed by atoms with E-state index in [0.29, 0.717) is 17.9 Å². The highest BCUT2D eigenvalue weighted by Crippen LogP contribution is 2.34. The van der Waals surface area contributed by atoms with Crippen LogP contribution in [0.25, 0.3) is 16.2 Å².